The summed E-state index contributed by atoms with van der Waals surface area (Å²) >= 11 is 0. The molecule has 0 radical (unpaired) electrons. The molecule has 2 atom stereocenters. The number of hydrogen-bond acceptors (Lipinski definition) is 6. The number of hydrogen-bond donors (Lipinski definition) is 4. The molecule has 20 heavy (non-hydrogen) atoms. The zero-order valence-corrected chi connectivity index (χ0v) is 11.9. The molecule has 0 saturated heterocycles. The van der Waals surface area contributed by atoms with E-state index in [1.54, 1.807) is 25.3 Å². The van der Waals surface area contributed by atoms with E-state index in [0.717, 1.165) is 0 Å². The molecule has 1 rings (SSSR count). The molecule has 6 nitrogen and oxygen atoms in total. The Bertz CT molecular complexity index is 397. The molecule has 0 aliphatic carbocycles. The molecule has 0 saturated carbocycles. The van der Waals surface area contributed by atoms with Crippen molar-refractivity contribution in [2.75, 3.05) is 33.4 Å². The van der Waals surface area contributed by atoms with E-state index in [4.69, 9.17) is 14.6 Å². The van der Waals surface area contributed by atoms with E-state index in [1.807, 2.05) is 6.07 Å². The van der Waals surface area contributed by atoms with Crippen LogP contribution in [0.3, 0.4) is 0 Å². The van der Waals surface area contributed by atoms with Gasteiger partial charge in [-0.05, 0) is 19.1 Å². The largest absolute Gasteiger partial charge is 0.497 e. The summed E-state index contributed by atoms with van der Waals surface area (Å²) < 4.78 is 10.5. The van der Waals surface area contributed by atoms with Crippen molar-refractivity contribution in [1.82, 2.24) is 5.32 Å². The minimum Gasteiger partial charge on any atom is -0.497 e. The lowest BCUT2D eigenvalue weighted by atomic mass is 10.1. The number of rotatable bonds is 9. The summed E-state index contributed by atoms with van der Waals surface area (Å²) in [7, 11) is 1.57. The molecule has 2 unspecified atom stereocenters. The zero-order chi connectivity index (χ0) is 15.0. The minimum atomic E-state index is -1.19. The van der Waals surface area contributed by atoms with Crippen molar-refractivity contribution in [2.24, 2.45) is 0 Å². The molecule has 4 N–H and O–H groups in total. The molecule has 0 aliphatic heterocycles. The molecule has 0 amide bonds. The first kappa shape index (κ1) is 16.7. The van der Waals surface area contributed by atoms with Crippen molar-refractivity contribution in [2.45, 2.75) is 18.6 Å². The van der Waals surface area contributed by atoms with E-state index in [1.165, 1.54) is 6.92 Å². The van der Waals surface area contributed by atoms with Crippen LogP contribution in [0, 0.1) is 0 Å². The number of aliphatic hydroxyl groups is 3. The number of benzene rings is 1. The molecular formula is C14H23NO5. The van der Waals surface area contributed by atoms with Crippen LogP contribution < -0.4 is 14.8 Å². The van der Waals surface area contributed by atoms with Gasteiger partial charge in [-0.1, -0.05) is 6.07 Å². The molecule has 0 aromatic heterocycles. The maximum atomic E-state index is 9.74. The van der Waals surface area contributed by atoms with Crippen LogP contribution in [0.15, 0.2) is 24.3 Å². The summed E-state index contributed by atoms with van der Waals surface area (Å²) in [5, 5.41) is 31.0. The highest BCUT2D eigenvalue weighted by molar-refractivity contribution is 5.32. The molecule has 0 aliphatic rings. The molecular weight excluding hydrogens is 262 g/mol. The van der Waals surface area contributed by atoms with E-state index in [9.17, 15) is 10.2 Å². The molecule has 0 spiro atoms. The first-order valence-electron chi connectivity index (χ1n) is 6.46. The highest BCUT2D eigenvalue weighted by atomic mass is 16.5. The minimum absolute atomic E-state index is 0.126. The monoisotopic (exact) mass is 285 g/mol. The second-order valence-corrected chi connectivity index (χ2v) is 4.93. The van der Waals surface area contributed by atoms with Gasteiger partial charge >= 0.3 is 0 Å². The van der Waals surface area contributed by atoms with Crippen LogP contribution in [-0.2, 0) is 0 Å². The first-order chi connectivity index (χ1) is 9.46. The summed E-state index contributed by atoms with van der Waals surface area (Å²) in [4.78, 5) is 0. The van der Waals surface area contributed by atoms with Gasteiger partial charge in [0.1, 0.15) is 24.2 Å². The molecule has 0 bridgehead atoms. The fourth-order valence-electron chi connectivity index (χ4n) is 1.51. The Morgan fingerprint density at radius 1 is 1.35 bits per heavy atom. The van der Waals surface area contributed by atoms with Crippen molar-refractivity contribution >= 4 is 0 Å². The lowest BCUT2D eigenvalue weighted by molar-refractivity contribution is -0.000328. The maximum Gasteiger partial charge on any atom is 0.123 e. The quantitative estimate of drug-likeness (QED) is 0.501. The Morgan fingerprint density at radius 3 is 2.70 bits per heavy atom. The highest BCUT2D eigenvalue weighted by Gasteiger charge is 2.18. The summed E-state index contributed by atoms with van der Waals surface area (Å²) in [5.74, 6) is 1.31. The lowest BCUT2D eigenvalue weighted by Gasteiger charge is -2.22. The maximum absolute atomic E-state index is 9.74. The number of ether oxygens (including phenoxy) is 2. The predicted molar refractivity (Wildman–Crippen MR) is 75.1 cm³/mol. The Kier molecular flexibility index (Phi) is 6.74. The smallest absolute Gasteiger partial charge is 0.123 e. The van der Waals surface area contributed by atoms with Crippen molar-refractivity contribution in [3.63, 3.8) is 0 Å². The fraction of sp³-hybridized carbons (Fsp3) is 0.571. The molecule has 114 valence electrons. The summed E-state index contributed by atoms with van der Waals surface area (Å²) in [5.41, 5.74) is -1.19. The van der Waals surface area contributed by atoms with Crippen LogP contribution in [0.4, 0.5) is 0 Å². The Morgan fingerprint density at radius 2 is 2.05 bits per heavy atom. The van der Waals surface area contributed by atoms with Crippen LogP contribution in [0.5, 0.6) is 11.5 Å². The third-order valence-corrected chi connectivity index (χ3v) is 2.71. The van der Waals surface area contributed by atoms with Gasteiger partial charge in [0.05, 0.1) is 19.3 Å². The number of aliphatic hydroxyl groups excluding tert-OH is 2. The van der Waals surface area contributed by atoms with Gasteiger partial charge in [0.25, 0.3) is 0 Å². The number of methoxy groups -OCH3 is 1. The lowest BCUT2D eigenvalue weighted by Crippen LogP contribution is -2.44. The average Bonchev–Trinajstić information content (AvgIpc) is 2.45. The van der Waals surface area contributed by atoms with E-state index in [-0.39, 0.29) is 26.3 Å². The SMILES string of the molecule is COc1cccc(OCC(O)CNCC(C)(O)CO)c1. The fourth-order valence-corrected chi connectivity index (χ4v) is 1.51. The van der Waals surface area contributed by atoms with E-state index >= 15 is 0 Å². The predicted octanol–water partition coefficient (Wildman–Crippen LogP) is -0.232. The number of nitrogens with one attached hydrogen (secondary N) is 1. The normalized spacial score (nSPS) is 15.4. The average molecular weight is 285 g/mol. The molecule has 0 fully saturated rings. The van der Waals surface area contributed by atoms with Crippen molar-refractivity contribution in [1.29, 1.82) is 0 Å². The van der Waals surface area contributed by atoms with Crippen molar-refractivity contribution in [3.8, 4) is 11.5 Å². The summed E-state index contributed by atoms with van der Waals surface area (Å²) in [6.45, 7) is 1.76. The van der Waals surface area contributed by atoms with Crippen molar-refractivity contribution in [3.05, 3.63) is 24.3 Å². The van der Waals surface area contributed by atoms with Gasteiger partial charge in [0.2, 0.25) is 0 Å². The van der Waals surface area contributed by atoms with Gasteiger partial charge in [-0.25, -0.2) is 0 Å². The van der Waals surface area contributed by atoms with Crippen LogP contribution in [0.25, 0.3) is 0 Å². The van der Waals surface area contributed by atoms with Crippen molar-refractivity contribution < 1.29 is 24.8 Å². The Hall–Kier alpha value is -1.34. The second kappa shape index (κ2) is 8.06. The third kappa shape index (κ3) is 6.21. The Labute approximate surface area is 119 Å². The van der Waals surface area contributed by atoms with E-state index < -0.39 is 11.7 Å². The van der Waals surface area contributed by atoms with Gasteiger partial charge in [-0.15, -0.1) is 0 Å². The molecule has 1 aromatic carbocycles. The van der Waals surface area contributed by atoms with Gasteiger partial charge in [-0.3, -0.25) is 0 Å². The zero-order valence-electron chi connectivity index (χ0n) is 11.9. The van der Waals surface area contributed by atoms with Gasteiger partial charge in [-0.2, -0.15) is 0 Å². The highest BCUT2D eigenvalue weighted by Crippen LogP contribution is 2.18. The van der Waals surface area contributed by atoms with Gasteiger partial charge in [0.15, 0.2) is 0 Å². The third-order valence-electron chi connectivity index (χ3n) is 2.71. The topological polar surface area (TPSA) is 91.2 Å². The van der Waals surface area contributed by atoms with Gasteiger partial charge < -0.3 is 30.1 Å². The molecule has 1 aromatic rings. The van der Waals surface area contributed by atoms with Crippen LogP contribution in [0.2, 0.25) is 0 Å². The van der Waals surface area contributed by atoms with Crippen LogP contribution in [-0.4, -0.2) is 60.4 Å². The van der Waals surface area contributed by atoms with Crippen LogP contribution in [0.1, 0.15) is 6.92 Å². The van der Waals surface area contributed by atoms with Gasteiger partial charge in [0, 0.05) is 19.2 Å². The molecule has 0 heterocycles. The second-order valence-electron chi connectivity index (χ2n) is 4.93. The standard InChI is InChI=1S/C14H23NO5/c1-14(18,10-16)9-15-7-11(17)8-20-13-5-3-4-12(6-13)19-2/h3-6,11,15-18H,7-10H2,1-2H3. The van der Waals surface area contributed by atoms with Crippen LogP contribution >= 0.6 is 0 Å². The summed E-state index contributed by atoms with van der Waals surface area (Å²) in [6, 6.07) is 7.12. The summed E-state index contributed by atoms with van der Waals surface area (Å²) in [6.07, 6.45) is -0.712. The first-order valence-corrected chi connectivity index (χ1v) is 6.46. The molecule has 6 heteroatoms. The Balaban J connectivity index is 2.27. The van der Waals surface area contributed by atoms with E-state index in [2.05, 4.69) is 5.32 Å². The van der Waals surface area contributed by atoms with E-state index in [0.29, 0.717) is 11.5 Å².